The summed E-state index contributed by atoms with van der Waals surface area (Å²) < 4.78 is 0. The van der Waals surface area contributed by atoms with Crippen molar-refractivity contribution < 1.29 is 0 Å². The van der Waals surface area contributed by atoms with Gasteiger partial charge in [0.25, 0.3) is 0 Å². The second kappa shape index (κ2) is 4.45. The van der Waals surface area contributed by atoms with Crippen LogP contribution in [-0.2, 0) is 0 Å². The molecular formula is C13H19. The minimum Gasteiger partial charge on any atom is -0.0648 e. The van der Waals surface area contributed by atoms with Crippen molar-refractivity contribution in [2.75, 3.05) is 0 Å². The van der Waals surface area contributed by atoms with Crippen molar-refractivity contribution in [3.05, 3.63) is 35.4 Å². The van der Waals surface area contributed by atoms with Gasteiger partial charge in [-0.15, -0.1) is 0 Å². The van der Waals surface area contributed by atoms with Crippen molar-refractivity contribution in [1.82, 2.24) is 0 Å². The largest absolute Gasteiger partial charge is 0.0648 e. The maximum Gasteiger partial charge on any atom is -0.0109 e. The molecule has 0 bridgehead atoms. The summed E-state index contributed by atoms with van der Waals surface area (Å²) in [6.45, 7) is 8.91. The maximum atomic E-state index is 3.49. The lowest BCUT2D eigenvalue weighted by Crippen LogP contribution is -1.95. The van der Waals surface area contributed by atoms with Gasteiger partial charge in [-0.3, -0.25) is 0 Å². The molecule has 0 nitrogen and oxygen atoms in total. The Hall–Kier alpha value is -0.780. The lowest BCUT2D eigenvalue weighted by Gasteiger charge is -2.11. The van der Waals surface area contributed by atoms with E-state index in [2.05, 4.69) is 52.0 Å². The van der Waals surface area contributed by atoms with Gasteiger partial charge in [0.05, 0.1) is 0 Å². The van der Waals surface area contributed by atoms with E-state index in [1.165, 1.54) is 17.5 Å². The topological polar surface area (TPSA) is 0 Å². The molecule has 0 aliphatic heterocycles. The van der Waals surface area contributed by atoms with Crippen LogP contribution in [0.25, 0.3) is 0 Å². The quantitative estimate of drug-likeness (QED) is 0.648. The molecule has 71 valence electrons. The van der Waals surface area contributed by atoms with Gasteiger partial charge in [0, 0.05) is 0 Å². The first kappa shape index (κ1) is 10.3. The third-order valence-electron chi connectivity index (χ3n) is 2.61. The predicted molar refractivity (Wildman–Crippen MR) is 58.1 cm³/mol. The Labute approximate surface area is 82.0 Å². The predicted octanol–water partition coefficient (Wildman–Crippen LogP) is 4.12. The van der Waals surface area contributed by atoms with E-state index in [0.717, 1.165) is 0 Å². The number of rotatable bonds is 3. The number of hydrogen-bond acceptors (Lipinski definition) is 0. The Morgan fingerprint density at radius 2 is 1.77 bits per heavy atom. The van der Waals surface area contributed by atoms with E-state index >= 15 is 0 Å². The fourth-order valence-electron chi connectivity index (χ4n) is 1.35. The van der Waals surface area contributed by atoms with Crippen LogP contribution in [0.5, 0.6) is 0 Å². The molecule has 1 unspecified atom stereocenters. The van der Waals surface area contributed by atoms with Crippen molar-refractivity contribution in [3.8, 4) is 0 Å². The fourth-order valence-corrected chi connectivity index (χ4v) is 1.35. The summed E-state index contributed by atoms with van der Waals surface area (Å²) in [7, 11) is 0. The zero-order valence-corrected chi connectivity index (χ0v) is 9.09. The zero-order valence-electron chi connectivity index (χ0n) is 9.09. The molecule has 0 saturated carbocycles. The second-order valence-electron chi connectivity index (χ2n) is 4.03. The molecule has 0 heteroatoms. The van der Waals surface area contributed by atoms with Crippen molar-refractivity contribution in [3.63, 3.8) is 0 Å². The normalized spacial score (nSPS) is 13.3. The molecule has 0 aliphatic rings. The van der Waals surface area contributed by atoms with Gasteiger partial charge in [-0.05, 0) is 35.4 Å². The monoisotopic (exact) mass is 175 g/mol. The lowest BCUT2D eigenvalue weighted by molar-refractivity contribution is 0.727. The molecule has 0 saturated heterocycles. The highest BCUT2D eigenvalue weighted by atomic mass is 14.1. The van der Waals surface area contributed by atoms with Crippen LogP contribution in [0.2, 0.25) is 0 Å². The molecule has 1 atom stereocenters. The molecule has 0 aromatic heterocycles. The molecule has 0 N–H and O–H groups in total. The first-order valence-electron chi connectivity index (χ1n) is 5.17. The van der Waals surface area contributed by atoms with Crippen LogP contribution in [0, 0.1) is 6.07 Å². The molecular weight excluding hydrogens is 156 g/mol. The molecule has 1 aromatic carbocycles. The number of hydrogen-bond donors (Lipinski definition) is 0. The Balaban J connectivity index is 2.91. The Kier molecular flexibility index (Phi) is 3.53. The maximum absolute atomic E-state index is 3.49. The standard InChI is InChI=1S/C13H19/c1-5-11(4)13-8-6-7-12(9-13)10(2)3/h6-8,10-11H,5H2,1-4H3. The number of benzene rings is 1. The SMILES string of the molecule is CCC(C)c1[c]c(C(C)C)ccc1. The van der Waals surface area contributed by atoms with Crippen LogP contribution < -0.4 is 0 Å². The highest BCUT2D eigenvalue weighted by Gasteiger charge is 2.05. The Morgan fingerprint density at radius 1 is 1.15 bits per heavy atom. The smallest absolute Gasteiger partial charge is 0.0109 e. The molecule has 0 aliphatic carbocycles. The van der Waals surface area contributed by atoms with Crippen LogP contribution >= 0.6 is 0 Å². The minimum absolute atomic E-state index is 0.587. The Morgan fingerprint density at radius 3 is 2.31 bits per heavy atom. The van der Waals surface area contributed by atoms with Crippen molar-refractivity contribution >= 4 is 0 Å². The third kappa shape index (κ3) is 2.58. The fraction of sp³-hybridized carbons (Fsp3) is 0.538. The van der Waals surface area contributed by atoms with Crippen LogP contribution in [0.3, 0.4) is 0 Å². The first-order valence-corrected chi connectivity index (χ1v) is 5.17. The second-order valence-corrected chi connectivity index (χ2v) is 4.03. The average molecular weight is 175 g/mol. The van der Waals surface area contributed by atoms with E-state index in [1.807, 2.05) is 0 Å². The first-order chi connectivity index (χ1) is 6.15. The molecule has 13 heavy (non-hydrogen) atoms. The molecule has 0 heterocycles. The van der Waals surface area contributed by atoms with Gasteiger partial charge < -0.3 is 0 Å². The third-order valence-corrected chi connectivity index (χ3v) is 2.61. The average Bonchev–Trinajstić information content (AvgIpc) is 2.17. The summed E-state index contributed by atoms with van der Waals surface area (Å²) in [5, 5.41) is 0. The van der Waals surface area contributed by atoms with Crippen molar-refractivity contribution in [2.24, 2.45) is 0 Å². The summed E-state index contributed by atoms with van der Waals surface area (Å²) >= 11 is 0. The highest BCUT2D eigenvalue weighted by Crippen LogP contribution is 2.22. The molecule has 0 fully saturated rings. The molecule has 0 spiro atoms. The van der Waals surface area contributed by atoms with Gasteiger partial charge in [-0.1, -0.05) is 45.9 Å². The summed E-state index contributed by atoms with van der Waals surface area (Å²) in [5.74, 6) is 1.22. The van der Waals surface area contributed by atoms with E-state index < -0.39 is 0 Å². The van der Waals surface area contributed by atoms with Crippen LogP contribution in [0.4, 0.5) is 0 Å². The van der Waals surface area contributed by atoms with Gasteiger partial charge in [0.15, 0.2) is 0 Å². The molecule has 1 aromatic rings. The highest BCUT2D eigenvalue weighted by molar-refractivity contribution is 5.26. The summed E-state index contributed by atoms with van der Waals surface area (Å²) in [5.41, 5.74) is 2.69. The van der Waals surface area contributed by atoms with Gasteiger partial charge in [0.2, 0.25) is 0 Å². The van der Waals surface area contributed by atoms with Gasteiger partial charge >= 0.3 is 0 Å². The summed E-state index contributed by atoms with van der Waals surface area (Å²) in [6.07, 6.45) is 1.19. The van der Waals surface area contributed by atoms with Crippen LogP contribution in [-0.4, -0.2) is 0 Å². The van der Waals surface area contributed by atoms with Crippen molar-refractivity contribution in [1.29, 1.82) is 0 Å². The van der Waals surface area contributed by atoms with E-state index in [0.29, 0.717) is 11.8 Å². The van der Waals surface area contributed by atoms with Gasteiger partial charge in [-0.2, -0.15) is 0 Å². The minimum atomic E-state index is 0.587. The zero-order chi connectivity index (χ0) is 9.84. The Bertz CT molecular complexity index is 260. The summed E-state index contributed by atoms with van der Waals surface area (Å²) in [4.78, 5) is 0. The van der Waals surface area contributed by atoms with Crippen LogP contribution in [0.15, 0.2) is 18.2 Å². The lowest BCUT2D eigenvalue weighted by atomic mass is 9.94. The van der Waals surface area contributed by atoms with Crippen molar-refractivity contribution in [2.45, 2.75) is 46.0 Å². The van der Waals surface area contributed by atoms with Gasteiger partial charge in [-0.25, -0.2) is 0 Å². The van der Waals surface area contributed by atoms with E-state index in [9.17, 15) is 0 Å². The molecule has 1 rings (SSSR count). The van der Waals surface area contributed by atoms with Crippen LogP contribution in [0.1, 0.15) is 57.1 Å². The van der Waals surface area contributed by atoms with E-state index in [-0.39, 0.29) is 0 Å². The molecule has 0 amide bonds. The van der Waals surface area contributed by atoms with E-state index in [1.54, 1.807) is 0 Å². The molecule has 1 radical (unpaired) electrons. The van der Waals surface area contributed by atoms with Gasteiger partial charge in [0.1, 0.15) is 0 Å². The summed E-state index contributed by atoms with van der Waals surface area (Å²) in [6, 6.07) is 9.98. The van der Waals surface area contributed by atoms with E-state index in [4.69, 9.17) is 0 Å².